The van der Waals surface area contributed by atoms with Crippen LogP contribution >= 0.6 is 7.82 Å². The van der Waals surface area contributed by atoms with Gasteiger partial charge in [-0.05, 0) is 12.8 Å². The van der Waals surface area contributed by atoms with E-state index in [1.54, 1.807) is 13.8 Å². The SMILES string of the molecule is CCCOP(=O)(OCCC)OC(F)(F)CF. The number of halogens is 3. The van der Waals surface area contributed by atoms with E-state index in [0.717, 1.165) is 0 Å². The fourth-order valence-corrected chi connectivity index (χ4v) is 2.05. The lowest BCUT2D eigenvalue weighted by Gasteiger charge is -2.21. The average molecular weight is 264 g/mol. The molecule has 0 bridgehead atoms. The molecule has 0 spiro atoms. The molecule has 0 heterocycles. The zero-order valence-corrected chi connectivity index (χ0v) is 10.1. The summed E-state index contributed by atoms with van der Waals surface area (Å²) in [5, 5.41) is 0. The van der Waals surface area contributed by atoms with Gasteiger partial charge in [0.15, 0.2) is 6.67 Å². The summed E-state index contributed by atoms with van der Waals surface area (Å²) in [6.07, 6.45) is -3.26. The number of phosphoric ester groups is 1. The summed E-state index contributed by atoms with van der Waals surface area (Å²) in [6.45, 7) is 1.17. The molecule has 0 N–H and O–H groups in total. The molecule has 16 heavy (non-hydrogen) atoms. The largest absolute Gasteiger partial charge is 0.479 e. The van der Waals surface area contributed by atoms with E-state index >= 15 is 0 Å². The molecule has 0 rings (SSSR count). The molecule has 98 valence electrons. The number of hydrogen-bond acceptors (Lipinski definition) is 4. The fourth-order valence-electron chi connectivity index (χ4n) is 0.684. The number of phosphoric acid groups is 1. The first-order valence-corrected chi connectivity index (χ1v) is 6.39. The minimum atomic E-state index is -4.38. The first kappa shape index (κ1) is 15.9. The lowest BCUT2D eigenvalue weighted by Crippen LogP contribution is -2.23. The Morgan fingerprint density at radius 1 is 1.12 bits per heavy atom. The van der Waals surface area contributed by atoms with E-state index < -0.39 is 20.6 Å². The van der Waals surface area contributed by atoms with Crippen molar-refractivity contribution in [3.63, 3.8) is 0 Å². The van der Waals surface area contributed by atoms with Gasteiger partial charge in [0.2, 0.25) is 0 Å². The highest BCUT2D eigenvalue weighted by molar-refractivity contribution is 7.48. The van der Waals surface area contributed by atoms with Crippen LogP contribution in [0.5, 0.6) is 0 Å². The minimum Gasteiger partial charge on any atom is -0.287 e. The molecule has 8 heteroatoms. The van der Waals surface area contributed by atoms with Crippen molar-refractivity contribution in [3.8, 4) is 0 Å². The summed E-state index contributed by atoms with van der Waals surface area (Å²) >= 11 is 0. The Morgan fingerprint density at radius 3 is 1.88 bits per heavy atom. The summed E-state index contributed by atoms with van der Waals surface area (Å²) in [5.41, 5.74) is 0. The molecule has 0 aromatic heterocycles. The maximum atomic E-state index is 12.6. The van der Waals surface area contributed by atoms with E-state index in [1.807, 2.05) is 0 Å². The first-order valence-electron chi connectivity index (χ1n) is 4.92. The Morgan fingerprint density at radius 2 is 1.56 bits per heavy atom. The molecule has 0 unspecified atom stereocenters. The van der Waals surface area contributed by atoms with Crippen molar-refractivity contribution in [2.45, 2.75) is 32.8 Å². The maximum absolute atomic E-state index is 12.6. The third kappa shape index (κ3) is 6.48. The van der Waals surface area contributed by atoms with Gasteiger partial charge >= 0.3 is 13.9 Å². The van der Waals surface area contributed by atoms with Crippen molar-refractivity contribution in [2.24, 2.45) is 0 Å². The van der Waals surface area contributed by atoms with Crippen LogP contribution in [0.2, 0.25) is 0 Å². The van der Waals surface area contributed by atoms with Gasteiger partial charge in [-0.3, -0.25) is 9.05 Å². The summed E-state index contributed by atoms with van der Waals surface area (Å²) < 4.78 is 61.5. The molecule has 0 aromatic rings. The smallest absolute Gasteiger partial charge is 0.287 e. The van der Waals surface area contributed by atoms with E-state index in [1.165, 1.54) is 0 Å². The number of rotatable bonds is 9. The highest BCUT2D eigenvalue weighted by Crippen LogP contribution is 2.53. The molecular weight excluding hydrogens is 248 g/mol. The summed E-state index contributed by atoms with van der Waals surface area (Å²) in [6, 6.07) is 0. The van der Waals surface area contributed by atoms with Crippen LogP contribution < -0.4 is 0 Å². The topological polar surface area (TPSA) is 44.8 Å². The number of hydrogen-bond donors (Lipinski definition) is 0. The van der Waals surface area contributed by atoms with E-state index in [2.05, 4.69) is 13.6 Å². The second-order valence-corrected chi connectivity index (χ2v) is 4.57. The van der Waals surface area contributed by atoms with Gasteiger partial charge in [0.05, 0.1) is 13.2 Å². The van der Waals surface area contributed by atoms with Crippen LogP contribution in [0.25, 0.3) is 0 Å². The zero-order chi connectivity index (χ0) is 12.7. The second kappa shape index (κ2) is 7.27. The zero-order valence-electron chi connectivity index (χ0n) is 9.25. The van der Waals surface area contributed by atoms with Gasteiger partial charge in [-0.25, -0.2) is 13.5 Å². The van der Waals surface area contributed by atoms with Crippen LogP contribution in [-0.2, 0) is 18.1 Å². The van der Waals surface area contributed by atoms with Crippen molar-refractivity contribution in [3.05, 3.63) is 0 Å². The minimum absolute atomic E-state index is 0.0661. The van der Waals surface area contributed by atoms with Crippen LogP contribution in [0, 0.1) is 0 Å². The van der Waals surface area contributed by atoms with Crippen LogP contribution in [0.15, 0.2) is 0 Å². The Labute approximate surface area is 92.7 Å². The quantitative estimate of drug-likeness (QED) is 0.597. The molecule has 0 fully saturated rings. The second-order valence-electron chi connectivity index (χ2n) is 2.98. The van der Waals surface area contributed by atoms with Crippen LogP contribution in [0.3, 0.4) is 0 Å². The molecule has 0 aliphatic rings. The van der Waals surface area contributed by atoms with Crippen LogP contribution in [-0.4, -0.2) is 26.0 Å². The molecule has 0 radical (unpaired) electrons. The summed E-state index contributed by atoms with van der Waals surface area (Å²) in [4.78, 5) is 0. The Kier molecular flexibility index (Phi) is 7.22. The Hall–Kier alpha value is -0.100. The molecule has 4 nitrogen and oxygen atoms in total. The molecule has 0 aliphatic heterocycles. The molecule has 0 aromatic carbocycles. The molecule has 0 amide bonds. The monoisotopic (exact) mass is 264 g/mol. The van der Waals surface area contributed by atoms with Crippen LogP contribution in [0.1, 0.15) is 26.7 Å². The van der Waals surface area contributed by atoms with Gasteiger partial charge in [0.1, 0.15) is 0 Å². The van der Waals surface area contributed by atoms with Crippen molar-refractivity contribution < 1.29 is 31.3 Å². The lowest BCUT2D eigenvalue weighted by molar-refractivity contribution is -0.199. The van der Waals surface area contributed by atoms with Gasteiger partial charge in [0.25, 0.3) is 0 Å². The van der Waals surface area contributed by atoms with Crippen molar-refractivity contribution in [1.82, 2.24) is 0 Å². The summed E-state index contributed by atoms with van der Waals surface area (Å²) in [7, 11) is -4.38. The fraction of sp³-hybridized carbons (Fsp3) is 1.00. The van der Waals surface area contributed by atoms with Crippen molar-refractivity contribution >= 4 is 7.82 Å². The molecule has 0 saturated heterocycles. The molecular formula is C8H16F3O4P. The van der Waals surface area contributed by atoms with Gasteiger partial charge < -0.3 is 0 Å². The predicted octanol–water partition coefficient (Wildman–Crippen LogP) is 3.53. The van der Waals surface area contributed by atoms with E-state index in [-0.39, 0.29) is 13.2 Å². The standard InChI is InChI=1S/C8H16F3O4P/c1-3-5-13-16(12,14-6-4-2)15-8(10,11)7-9/h3-7H2,1-2H3. The van der Waals surface area contributed by atoms with Gasteiger partial charge in [0, 0.05) is 0 Å². The normalized spacial score (nSPS) is 13.1. The van der Waals surface area contributed by atoms with Crippen LogP contribution in [0.4, 0.5) is 13.2 Å². The van der Waals surface area contributed by atoms with Crippen molar-refractivity contribution in [1.29, 1.82) is 0 Å². The van der Waals surface area contributed by atoms with Gasteiger partial charge in [-0.1, -0.05) is 13.8 Å². The summed E-state index contributed by atoms with van der Waals surface area (Å²) in [5.74, 6) is 0. The van der Waals surface area contributed by atoms with E-state index in [9.17, 15) is 17.7 Å². The highest BCUT2D eigenvalue weighted by Gasteiger charge is 2.42. The van der Waals surface area contributed by atoms with Crippen molar-refractivity contribution in [2.75, 3.05) is 19.9 Å². The van der Waals surface area contributed by atoms with E-state index in [4.69, 9.17) is 0 Å². The molecule has 0 aliphatic carbocycles. The van der Waals surface area contributed by atoms with E-state index in [0.29, 0.717) is 12.8 Å². The lowest BCUT2D eigenvalue weighted by atomic mass is 10.5. The Balaban J connectivity index is 4.46. The Bertz CT molecular complexity index is 225. The molecule has 0 atom stereocenters. The maximum Gasteiger partial charge on any atom is 0.479 e. The first-order chi connectivity index (χ1) is 7.39. The predicted molar refractivity (Wildman–Crippen MR) is 52.1 cm³/mol. The number of alkyl halides is 3. The van der Waals surface area contributed by atoms with Gasteiger partial charge in [-0.15, -0.1) is 0 Å². The van der Waals surface area contributed by atoms with Gasteiger partial charge in [-0.2, -0.15) is 8.78 Å². The third-order valence-corrected chi connectivity index (χ3v) is 2.80. The molecule has 0 saturated carbocycles. The third-order valence-electron chi connectivity index (χ3n) is 1.31. The average Bonchev–Trinajstić information content (AvgIpc) is 2.23. The highest BCUT2D eigenvalue weighted by atomic mass is 31.2.